The minimum absolute atomic E-state index is 0.545. The van der Waals surface area contributed by atoms with Gasteiger partial charge in [-0.25, -0.2) is 0 Å². The van der Waals surface area contributed by atoms with Crippen molar-refractivity contribution in [2.75, 3.05) is 19.5 Å². The molecule has 3 fully saturated rings. The molecule has 1 heterocycles. The first kappa shape index (κ1) is 11.3. The molecule has 3 saturated carbocycles. The molecule has 0 aromatic carbocycles. The first-order chi connectivity index (χ1) is 9.30. The van der Waals surface area contributed by atoms with Gasteiger partial charge in [-0.3, -0.25) is 0 Å². The van der Waals surface area contributed by atoms with E-state index >= 15 is 0 Å². The molecule has 5 nitrogen and oxygen atoms in total. The van der Waals surface area contributed by atoms with Crippen LogP contribution in [-0.2, 0) is 0 Å². The third-order valence-corrected chi connectivity index (χ3v) is 5.13. The van der Waals surface area contributed by atoms with Crippen LogP contribution in [0.15, 0.2) is 6.07 Å². The zero-order chi connectivity index (χ0) is 13.0. The Hall–Kier alpha value is -1.52. The van der Waals surface area contributed by atoms with Crippen molar-refractivity contribution in [1.82, 2.24) is 9.97 Å². The quantitative estimate of drug-likeness (QED) is 0.897. The lowest BCUT2D eigenvalue weighted by Gasteiger charge is -2.11. The SMILES string of the molecule is COc1cc(OC)nc(NC2C3C4CCC(C4)C23)n1. The molecule has 102 valence electrons. The maximum Gasteiger partial charge on any atom is 0.229 e. The summed E-state index contributed by atoms with van der Waals surface area (Å²) in [4.78, 5) is 8.71. The van der Waals surface area contributed by atoms with E-state index < -0.39 is 0 Å². The van der Waals surface area contributed by atoms with E-state index in [9.17, 15) is 0 Å². The van der Waals surface area contributed by atoms with Crippen molar-refractivity contribution in [2.24, 2.45) is 23.7 Å². The van der Waals surface area contributed by atoms with Gasteiger partial charge in [0.25, 0.3) is 0 Å². The Kier molecular flexibility index (Phi) is 2.37. The number of rotatable bonds is 4. The van der Waals surface area contributed by atoms with E-state index in [0.717, 1.165) is 23.7 Å². The lowest BCUT2D eigenvalue weighted by atomic mass is 10.0. The van der Waals surface area contributed by atoms with E-state index in [0.29, 0.717) is 23.8 Å². The van der Waals surface area contributed by atoms with Gasteiger partial charge in [0.05, 0.1) is 20.3 Å². The number of ether oxygens (including phenoxy) is 2. The third-order valence-electron chi connectivity index (χ3n) is 5.13. The van der Waals surface area contributed by atoms with Gasteiger partial charge >= 0.3 is 0 Å². The normalized spacial score (nSPS) is 37.9. The zero-order valence-electron chi connectivity index (χ0n) is 11.3. The summed E-state index contributed by atoms with van der Waals surface area (Å²) in [5, 5.41) is 3.49. The molecule has 4 unspecified atom stereocenters. The van der Waals surface area contributed by atoms with Crippen molar-refractivity contribution in [3.63, 3.8) is 0 Å². The van der Waals surface area contributed by atoms with Crippen LogP contribution in [0.3, 0.4) is 0 Å². The third kappa shape index (κ3) is 1.67. The summed E-state index contributed by atoms with van der Waals surface area (Å²) in [5.41, 5.74) is 0. The molecule has 1 N–H and O–H groups in total. The highest BCUT2D eigenvalue weighted by molar-refractivity contribution is 5.38. The standard InChI is InChI=1S/C14H19N3O2/c1-18-9-6-10(19-2)16-14(15-9)17-13-11-7-3-4-8(5-7)12(11)13/h6-8,11-13H,3-5H2,1-2H3,(H,15,16,17). The highest BCUT2D eigenvalue weighted by atomic mass is 16.5. The van der Waals surface area contributed by atoms with E-state index in [-0.39, 0.29) is 0 Å². The van der Waals surface area contributed by atoms with E-state index in [1.165, 1.54) is 19.3 Å². The fourth-order valence-corrected chi connectivity index (χ4v) is 4.35. The van der Waals surface area contributed by atoms with Crippen molar-refractivity contribution >= 4 is 5.95 Å². The first-order valence-corrected chi connectivity index (χ1v) is 7.03. The van der Waals surface area contributed by atoms with Crippen LogP contribution in [0.4, 0.5) is 5.95 Å². The van der Waals surface area contributed by atoms with Gasteiger partial charge in [0.2, 0.25) is 17.7 Å². The number of aromatic nitrogens is 2. The average Bonchev–Trinajstić information content (AvgIpc) is 2.85. The Morgan fingerprint density at radius 3 is 2.16 bits per heavy atom. The summed E-state index contributed by atoms with van der Waals surface area (Å²) >= 11 is 0. The monoisotopic (exact) mass is 261 g/mol. The topological polar surface area (TPSA) is 56.3 Å². The van der Waals surface area contributed by atoms with Crippen molar-refractivity contribution in [3.8, 4) is 11.8 Å². The Balaban J connectivity index is 1.52. The Labute approximate surface area is 112 Å². The number of nitrogens with zero attached hydrogens (tertiary/aromatic N) is 2. The van der Waals surface area contributed by atoms with Gasteiger partial charge in [-0.1, -0.05) is 0 Å². The number of methoxy groups -OCH3 is 2. The maximum absolute atomic E-state index is 5.18. The second kappa shape index (κ2) is 3.99. The Morgan fingerprint density at radius 2 is 1.63 bits per heavy atom. The second-order valence-corrected chi connectivity index (χ2v) is 5.93. The van der Waals surface area contributed by atoms with Gasteiger partial charge < -0.3 is 14.8 Å². The molecular weight excluding hydrogens is 242 g/mol. The van der Waals surface area contributed by atoms with Crippen LogP contribution in [-0.4, -0.2) is 30.2 Å². The van der Waals surface area contributed by atoms with E-state index in [4.69, 9.17) is 9.47 Å². The molecule has 3 aliphatic rings. The van der Waals surface area contributed by atoms with Gasteiger partial charge in [-0.2, -0.15) is 9.97 Å². The van der Waals surface area contributed by atoms with Crippen LogP contribution in [0.5, 0.6) is 11.8 Å². The molecule has 0 aliphatic heterocycles. The summed E-state index contributed by atoms with van der Waals surface area (Å²) in [6.45, 7) is 0. The van der Waals surface area contributed by atoms with Gasteiger partial charge in [-0.15, -0.1) is 0 Å². The molecule has 5 heteroatoms. The summed E-state index contributed by atoms with van der Waals surface area (Å²) in [5.74, 6) is 5.33. The lowest BCUT2D eigenvalue weighted by Crippen LogP contribution is -2.15. The molecule has 2 bridgehead atoms. The molecule has 0 amide bonds. The van der Waals surface area contributed by atoms with Crippen LogP contribution in [0.1, 0.15) is 19.3 Å². The fourth-order valence-electron chi connectivity index (χ4n) is 4.35. The number of hydrogen-bond acceptors (Lipinski definition) is 5. The number of fused-ring (bicyclic) bond motifs is 5. The van der Waals surface area contributed by atoms with Crippen LogP contribution in [0.25, 0.3) is 0 Å². The highest BCUT2D eigenvalue weighted by Gasteiger charge is 2.65. The summed E-state index contributed by atoms with van der Waals surface area (Å²) < 4.78 is 10.4. The number of hydrogen-bond donors (Lipinski definition) is 1. The minimum Gasteiger partial charge on any atom is -0.481 e. The van der Waals surface area contributed by atoms with E-state index in [2.05, 4.69) is 15.3 Å². The van der Waals surface area contributed by atoms with Gasteiger partial charge in [-0.05, 0) is 42.9 Å². The predicted molar refractivity (Wildman–Crippen MR) is 70.4 cm³/mol. The predicted octanol–water partition coefficient (Wildman–Crippen LogP) is 1.95. The van der Waals surface area contributed by atoms with Gasteiger partial charge in [0.15, 0.2) is 0 Å². The van der Waals surface area contributed by atoms with E-state index in [1.54, 1.807) is 20.3 Å². The molecule has 4 rings (SSSR count). The maximum atomic E-state index is 5.18. The van der Waals surface area contributed by atoms with Crippen molar-refractivity contribution in [1.29, 1.82) is 0 Å². The second-order valence-electron chi connectivity index (χ2n) is 5.93. The lowest BCUT2D eigenvalue weighted by molar-refractivity contribution is 0.372. The van der Waals surface area contributed by atoms with Gasteiger partial charge in [0.1, 0.15) is 0 Å². The van der Waals surface area contributed by atoms with Crippen molar-refractivity contribution in [3.05, 3.63) is 6.07 Å². The zero-order valence-corrected chi connectivity index (χ0v) is 11.3. The summed E-state index contributed by atoms with van der Waals surface area (Å²) in [7, 11) is 3.22. The van der Waals surface area contributed by atoms with Crippen LogP contribution >= 0.6 is 0 Å². The summed E-state index contributed by atoms with van der Waals surface area (Å²) in [6, 6.07) is 2.27. The van der Waals surface area contributed by atoms with Gasteiger partial charge in [0, 0.05) is 6.04 Å². The highest BCUT2D eigenvalue weighted by Crippen LogP contribution is 2.66. The Morgan fingerprint density at radius 1 is 1.05 bits per heavy atom. The van der Waals surface area contributed by atoms with E-state index in [1.807, 2.05) is 0 Å². The summed E-state index contributed by atoms with van der Waals surface area (Å²) in [6.07, 6.45) is 4.30. The van der Waals surface area contributed by atoms with Crippen LogP contribution < -0.4 is 14.8 Å². The molecular formula is C14H19N3O2. The first-order valence-electron chi connectivity index (χ1n) is 7.03. The molecule has 0 radical (unpaired) electrons. The largest absolute Gasteiger partial charge is 0.481 e. The molecule has 0 spiro atoms. The van der Waals surface area contributed by atoms with Crippen LogP contribution in [0.2, 0.25) is 0 Å². The van der Waals surface area contributed by atoms with Crippen molar-refractivity contribution < 1.29 is 9.47 Å². The van der Waals surface area contributed by atoms with Crippen LogP contribution in [0, 0.1) is 23.7 Å². The minimum atomic E-state index is 0.545. The molecule has 19 heavy (non-hydrogen) atoms. The molecule has 3 aliphatic carbocycles. The molecule has 1 aromatic rings. The average molecular weight is 261 g/mol. The van der Waals surface area contributed by atoms with Crippen molar-refractivity contribution in [2.45, 2.75) is 25.3 Å². The molecule has 4 atom stereocenters. The number of anilines is 1. The smallest absolute Gasteiger partial charge is 0.229 e. The number of nitrogens with one attached hydrogen (secondary N) is 1. The molecule has 1 aromatic heterocycles. The molecule has 0 saturated heterocycles. The Bertz CT molecular complexity index is 469. The fraction of sp³-hybridized carbons (Fsp3) is 0.714.